The molecular weight excluding hydrogens is 331 g/mol. The summed E-state index contributed by atoms with van der Waals surface area (Å²) < 4.78 is 39.3. The van der Waals surface area contributed by atoms with Crippen LogP contribution in [-0.4, -0.2) is 6.54 Å². The zero-order valence-corrected chi connectivity index (χ0v) is 13.6. The summed E-state index contributed by atoms with van der Waals surface area (Å²) in [5, 5.41) is 3.36. The molecule has 1 aromatic carbocycles. The zero-order valence-electron chi connectivity index (χ0n) is 12.0. The molecule has 114 valence electrons. The summed E-state index contributed by atoms with van der Waals surface area (Å²) in [6, 6.07) is 3.78. The molecule has 0 aliphatic rings. The number of rotatable bonds is 6. The van der Waals surface area contributed by atoms with Gasteiger partial charge in [0.15, 0.2) is 0 Å². The van der Waals surface area contributed by atoms with Gasteiger partial charge in [0.25, 0.3) is 0 Å². The lowest BCUT2D eigenvalue weighted by Crippen LogP contribution is -2.28. The van der Waals surface area contributed by atoms with Gasteiger partial charge in [-0.2, -0.15) is 13.2 Å². The van der Waals surface area contributed by atoms with E-state index in [4.69, 9.17) is 0 Å². The Balaban J connectivity index is 3.17. The van der Waals surface area contributed by atoms with Crippen LogP contribution in [0.25, 0.3) is 0 Å². The van der Waals surface area contributed by atoms with E-state index in [9.17, 15) is 13.2 Å². The van der Waals surface area contributed by atoms with Crippen molar-refractivity contribution in [3.8, 4) is 0 Å². The van der Waals surface area contributed by atoms with Crippen LogP contribution >= 0.6 is 15.9 Å². The summed E-state index contributed by atoms with van der Waals surface area (Å²) in [7, 11) is 0. The molecular formula is C15H21BrF3N. The maximum Gasteiger partial charge on any atom is 0.416 e. The van der Waals surface area contributed by atoms with Gasteiger partial charge in [-0.15, -0.1) is 0 Å². The van der Waals surface area contributed by atoms with Crippen molar-refractivity contribution in [2.45, 2.75) is 45.8 Å². The number of nitrogens with one attached hydrogen (secondary N) is 1. The molecule has 5 heteroatoms. The molecule has 1 nitrogen and oxygen atoms in total. The Morgan fingerprint density at radius 2 is 1.90 bits per heavy atom. The third-order valence-corrected chi connectivity index (χ3v) is 4.21. The molecule has 0 aromatic heterocycles. The van der Waals surface area contributed by atoms with E-state index in [0.29, 0.717) is 5.56 Å². The SMILES string of the molecule is CCCNC(c1cc(C(F)(F)F)ccc1Br)C(C)CC. The van der Waals surface area contributed by atoms with Crippen LogP contribution in [0.4, 0.5) is 13.2 Å². The third kappa shape index (κ3) is 4.48. The van der Waals surface area contributed by atoms with Crippen LogP contribution in [0, 0.1) is 5.92 Å². The Labute approximate surface area is 127 Å². The van der Waals surface area contributed by atoms with Gasteiger partial charge < -0.3 is 5.32 Å². The fourth-order valence-electron chi connectivity index (χ4n) is 2.11. The van der Waals surface area contributed by atoms with Gasteiger partial charge in [0, 0.05) is 10.5 Å². The first-order valence-corrected chi connectivity index (χ1v) is 7.70. The van der Waals surface area contributed by atoms with Gasteiger partial charge in [-0.05, 0) is 42.6 Å². The molecule has 0 amide bonds. The lowest BCUT2D eigenvalue weighted by molar-refractivity contribution is -0.137. The fraction of sp³-hybridized carbons (Fsp3) is 0.600. The van der Waals surface area contributed by atoms with E-state index in [1.54, 1.807) is 0 Å². The highest BCUT2D eigenvalue weighted by atomic mass is 79.9. The van der Waals surface area contributed by atoms with E-state index >= 15 is 0 Å². The molecule has 0 spiro atoms. The van der Waals surface area contributed by atoms with E-state index in [-0.39, 0.29) is 12.0 Å². The molecule has 0 heterocycles. The van der Waals surface area contributed by atoms with E-state index in [0.717, 1.165) is 29.9 Å². The largest absolute Gasteiger partial charge is 0.416 e. The third-order valence-electron chi connectivity index (χ3n) is 3.49. The van der Waals surface area contributed by atoms with Crippen LogP contribution in [0.15, 0.2) is 22.7 Å². The highest BCUT2D eigenvalue weighted by Crippen LogP contribution is 2.36. The second kappa shape index (κ2) is 7.46. The van der Waals surface area contributed by atoms with Crippen molar-refractivity contribution in [3.63, 3.8) is 0 Å². The number of hydrogen-bond donors (Lipinski definition) is 1. The molecule has 0 bridgehead atoms. The van der Waals surface area contributed by atoms with Crippen molar-refractivity contribution in [2.75, 3.05) is 6.54 Å². The monoisotopic (exact) mass is 351 g/mol. The highest BCUT2D eigenvalue weighted by Gasteiger charge is 2.32. The van der Waals surface area contributed by atoms with Crippen molar-refractivity contribution in [3.05, 3.63) is 33.8 Å². The van der Waals surface area contributed by atoms with Crippen molar-refractivity contribution in [1.82, 2.24) is 5.32 Å². The fourth-order valence-corrected chi connectivity index (χ4v) is 2.60. The van der Waals surface area contributed by atoms with Crippen LogP contribution in [0.5, 0.6) is 0 Å². The average molecular weight is 352 g/mol. The van der Waals surface area contributed by atoms with Crippen molar-refractivity contribution >= 4 is 15.9 Å². The second-order valence-corrected chi connectivity index (χ2v) is 5.91. The highest BCUT2D eigenvalue weighted by molar-refractivity contribution is 9.10. The van der Waals surface area contributed by atoms with Gasteiger partial charge in [-0.3, -0.25) is 0 Å². The van der Waals surface area contributed by atoms with Crippen LogP contribution in [0.1, 0.15) is 50.8 Å². The summed E-state index contributed by atoms with van der Waals surface area (Å²) in [4.78, 5) is 0. The smallest absolute Gasteiger partial charge is 0.310 e. The zero-order chi connectivity index (χ0) is 15.3. The number of benzene rings is 1. The molecule has 0 aliphatic heterocycles. The van der Waals surface area contributed by atoms with Gasteiger partial charge in [0.2, 0.25) is 0 Å². The van der Waals surface area contributed by atoms with Crippen LogP contribution < -0.4 is 5.32 Å². The lowest BCUT2D eigenvalue weighted by atomic mass is 9.91. The van der Waals surface area contributed by atoms with Crippen molar-refractivity contribution in [2.24, 2.45) is 5.92 Å². The summed E-state index contributed by atoms with van der Waals surface area (Å²) in [6.07, 6.45) is -2.45. The van der Waals surface area contributed by atoms with Gasteiger partial charge in [0.05, 0.1) is 5.56 Å². The Bertz CT molecular complexity index is 432. The van der Waals surface area contributed by atoms with E-state index < -0.39 is 11.7 Å². The van der Waals surface area contributed by atoms with Gasteiger partial charge in [-0.25, -0.2) is 0 Å². The van der Waals surface area contributed by atoms with E-state index in [1.807, 2.05) is 13.8 Å². The standard InChI is InChI=1S/C15H21BrF3N/c1-4-8-20-14(10(3)5-2)12-9-11(15(17,18)19)6-7-13(12)16/h6-7,9-10,14,20H,4-5,8H2,1-3H3. The minimum Gasteiger partial charge on any atom is -0.310 e. The summed E-state index contributed by atoms with van der Waals surface area (Å²) >= 11 is 3.38. The maximum absolute atomic E-state index is 12.9. The van der Waals surface area contributed by atoms with Gasteiger partial charge >= 0.3 is 6.18 Å². The minimum atomic E-state index is -4.31. The first kappa shape index (κ1) is 17.5. The molecule has 0 saturated carbocycles. The summed E-state index contributed by atoms with van der Waals surface area (Å²) in [5.41, 5.74) is 0.0879. The molecule has 1 aromatic rings. The van der Waals surface area contributed by atoms with Crippen molar-refractivity contribution in [1.29, 1.82) is 0 Å². The molecule has 0 aliphatic carbocycles. The van der Waals surface area contributed by atoms with Crippen LogP contribution in [0.3, 0.4) is 0 Å². The summed E-state index contributed by atoms with van der Waals surface area (Å²) in [5.74, 6) is 0.265. The number of alkyl halides is 3. The second-order valence-electron chi connectivity index (χ2n) is 5.05. The average Bonchev–Trinajstić information content (AvgIpc) is 2.39. The maximum atomic E-state index is 12.9. The molecule has 0 saturated heterocycles. The molecule has 0 radical (unpaired) electrons. The summed E-state index contributed by atoms with van der Waals surface area (Å²) in [6.45, 7) is 6.94. The van der Waals surface area contributed by atoms with Crippen LogP contribution in [0.2, 0.25) is 0 Å². The predicted molar refractivity (Wildman–Crippen MR) is 79.6 cm³/mol. The molecule has 1 N–H and O–H groups in total. The Morgan fingerprint density at radius 3 is 2.40 bits per heavy atom. The number of halogens is 4. The predicted octanol–water partition coefficient (Wildman–Crippen LogP) is 5.55. The number of hydrogen-bond acceptors (Lipinski definition) is 1. The first-order valence-electron chi connectivity index (χ1n) is 6.91. The van der Waals surface area contributed by atoms with Crippen LogP contribution in [-0.2, 0) is 6.18 Å². The van der Waals surface area contributed by atoms with Crippen molar-refractivity contribution < 1.29 is 13.2 Å². The van der Waals surface area contributed by atoms with E-state index in [2.05, 4.69) is 28.2 Å². The van der Waals surface area contributed by atoms with E-state index in [1.165, 1.54) is 12.1 Å². The van der Waals surface area contributed by atoms with Gasteiger partial charge in [-0.1, -0.05) is 43.1 Å². The minimum absolute atomic E-state index is 0.0726. The molecule has 2 unspecified atom stereocenters. The molecule has 1 rings (SSSR count). The topological polar surface area (TPSA) is 12.0 Å². The molecule has 2 atom stereocenters. The first-order chi connectivity index (χ1) is 9.31. The molecule has 20 heavy (non-hydrogen) atoms. The van der Waals surface area contributed by atoms with Gasteiger partial charge in [0.1, 0.15) is 0 Å². The molecule has 0 fully saturated rings. The quantitative estimate of drug-likeness (QED) is 0.707. The Morgan fingerprint density at radius 1 is 1.25 bits per heavy atom. The Hall–Kier alpha value is -0.550. The normalized spacial score (nSPS) is 15.2. The Kier molecular flexibility index (Phi) is 6.52. The lowest BCUT2D eigenvalue weighted by Gasteiger charge is -2.26.